The highest BCUT2D eigenvalue weighted by molar-refractivity contribution is 7.10. The number of thiazole rings is 1. The molecule has 1 atom stereocenters. The van der Waals surface area contributed by atoms with Crippen molar-refractivity contribution in [1.82, 2.24) is 10.3 Å². The van der Waals surface area contributed by atoms with E-state index in [1.54, 1.807) is 24.3 Å². The summed E-state index contributed by atoms with van der Waals surface area (Å²) in [6.07, 6.45) is 0. The van der Waals surface area contributed by atoms with Gasteiger partial charge in [0, 0.05) is 10.9 Å². The van der Waals surface area contributed by atoms with Crippen LogP contribution in [0, 0.1) is 0 Å². The molecule has 1 aromatic heterocycles. The Hall–Kier alpha value is -2.25. The zero-order valence-corrected chi connectivity index (χ0v) is 15.5. The predicted octanol–water partition coefficient (Wildman–Crippen LogP) is 3.50. The van der Waals surface area contributed by atoms with E-state index >= 15 is 0 Å². The number of hydrogen-bond acceptors (Lipinski definition) is 6. The molecule has 25 heavy (non-hydrogen) atoms. The molecule has 0 radical (unpaired) electrons. The van der Waals surface area contributed by atoms with E-state index in [2.05, 4.69) is 10.3 Å². The Bertz CT molecular complexity index is 747. The fraction of sp³-hybridized carbons (Fsp3) is 0.389. The van der Waals surface area contributed by atoms with Crippen LogP contribution in [0.15, 0.2) is 29.6 Å². The maximum absolute atomic E-state index is 11.8. The summed E-state index contributed by atoms with van der Waals surface area (Å²) in [5.74, 6) is -1.26. The van der Waals surface area contributed by atoms with E-state index in [1.165, 1.54) is 11.3 Å². The standard InChI is InChI=1S/C18H22N2O4S/c1-11(19-9-15(21)24-18(2,3)4)16-20-14(10-25-16)12-5-7-13(8-6-12)17(22)23/h5-8,10-11,19H,9H2,1-4H3,(H,22,23). The van der Waals surface area contributed by atoms with Crippen molar-refractivity contribution in [3.63, 3.8) is 0 Å². The Balaban J connectivity index is 1.98. The van der Waals surface area contributed by atoms with Crippen molar-refractivity contribution < 1.29 is 19.4 Å². The molecular weight excluding hydrogens is 340 g/mol. The lowest BCUT2D eigenvalue weighted by Crippen LogP contribution is -2.32. The van der Waals surface area contributed by atoms with Gasteiger partial charge in [-0.15, -0.1) is 11.3 Å². The van der Waals surface area contributed by atoms with E-state index in [1.807, 2.05) is 33.1 Å². The number of carbonyl (C=O) groups excluding carboxylic acids is 1. The topological polar surface area (TPSA) is 88.5 Å². The largest absolute Gasteiger partial charge is 0.478 e. The molecule has 0 fully saturated rings. The van der Waals surface area contributed by atoms with Crippen LogP contribution in [0.3, 0.4) is 0 Å². The van der Waals surface area contributed by atoms with Crippen LogP contribution in [0.5, 0.6) is 0 Å². The molecule has 1 unspecified atom stereocenters. The number of carboxylic acids is 1. The van der Waals surface area contributed by atoms with E-state index in [0.29, 0.717) is 0 Å². The van der Waals surface area contributed by atoms with E-state index in [0.717, 1.165) is 16.3 Å². The van der Waals surface area contributed by atoms with Gasteiger partial charge in [0.25, 0.3) is 0 Å². The highest BCUT2D eigenvalue weighted by Crippen LogP contribution is 2.25. The minimum absolute atomic E-state index is 0.0930. The van der Waals surface area contributed by atoms with Gasteiger partial charge in [0.15, 0.2) is 0 Å². The normalized spacial score (nSPS) is 12.6. The molecule has 2 rings (SSSR count). The Morgan fingerprint density at radius 2 is 1.92 bits per heavy atom. The second kappa shape index (κ2) is 7.76. The van der Waals surface area contributed by atoms with E-state index < -0.39 is 11.6 Å². The molecule has 2 N–H and O–H groups in total. The molecule has 1 aromatic carbocycles. The number of ether oxygens (including phenoxy) is 1. The molecule has 0 amide bonds. The van der Waals surface area contributed by atoms with Crippen molar-refractivity contribution in [1.29, 1.82) is 0 Å². The summed E-state index contributed by atoms with van der Waals surface area (Å²) in [6.45, 7) is 7.53. The first-order chi connectivity index (χ1) is 11.7. The number of aromatic carboxylic acids is 1. The van der Waals surface area contributed by atoms with Crippen molar-refractivity contribution in [2.24, 2.45) is 0 Å². The molecule has 0 bridgehead atoms. The number of carbonyl (C=O) groups is 2. The smallest absolute Gasteiger partial charge is 0.335 e. The van der Waals surface area contributed by atoms with Crippen molar-refractivity contribution in [2.75, 3.05) is 6.54 Å². The lowest BCUT2D eigenvalue weighted by Gasteiger charge is -2.20. The van der Waals surface area contributed by atoms with E-state index in [4.69, 9.17) is 9.84 Å². The first-order valence-electron chi connectivity index (χ1n) is 7.90. The average molecular weight is 362 g/mol. The second-order valence-corrected chi connectivity index (χ2v) is 7.53. The van der Waals surface area contributed by atoms with Crippen LogP contribution >= 0.6 is 11.3 Å². The molecule has 7 heteroatoms. The number of rotatable bonds is 6. The van der Waals surface area contributed by atoms with Gasteiger partial charge in [-0.1, -0.05) is 12.1 Å². The summed E-state index contributed by atoms with van der Waals surface area (Å²) in [6, 6.07) is 6.49. The van der Waals surface area contributed by atoms with Crippen LogP contribution in [0.1, 0.15) is 49.1 Å². The molecule has 134 valence electrons. The lowest BCUT2D eigenvalue weighted by molar-refractivity contribution is -0.153. The van der Waals surface area contributed by atoms with Crippen molar-refractivity contribution >= 4 is 23.3 Å². The molecule has 1 heterocycles. The minimum Gasteiger partial charge on any atom is -0.478 e. The third-order valence-electron chi connectivity index (χ3n) is 3.29. The van der Waals surface area contributed by atoms with E-state index in [9.17, 15) is 9.59 Å². The Labute approximate surface area is 150 Å². The number of esters is 1. The van der Waals surface area contributed by atoms with Gasteiger partial charge in [-0.05, 0) is 39.8 Å². The quantitative estimate of drug-likeness (QED) is 0.765. The van der Waals surface area contributed by atoms with Gasteiger partial charge >= 0.3 is 11.9 Å². The molecule has 0 aliphatic rings. The number of hydrogen-bond donors (Lipinski definition) is 2. The van der Waals surface area contributed by atoms with Gasteiger partial charge in [0.2, 0.25) is 0 Å². The van der Waals surface area contributed by atoms with Gasteiger partial charge in [-0.3, -0.25) is 10.1 Å². The van der Waals surface area contributed by atoms with Crippen LogP contribution in [0.4, 0.5) is 0 Å². The zero-order chi connectivity index (χ0) is 18.6. The molecule has 0 saturated carbocycles. The number of nitrogens with zero attached hydrogens (tertiary/aromatic N) is 1. The number of benzene rings is 1. The van der Waals surface area contributed by atoms with Crippen molar-refractivity contribution in [3.8, 4) is 11.3 Å². The van der Waals surface area contributed by atoms with Crippen LogP contribution in [-0.2, 0) is 9.53 Å². The molecule has 2 aromatic rings. The second-order valence-electron chi connectivity index (χ2n) is 6.64. The SMILES string of the molecule is CC(NCC(=O)OC(C)(C)C)c1nc(-c2ccc(C(=O)O)cc2)cs1. The monoisotopic (exact) mass is 362 g/mol. The molecular formula is C18H22N2O4S. The van der Waals surface area contributed by atoms with Gasteiger partial charge < -0.3 is 9.84 Å². The number of carboxylic acid groups (broad SMARTS) is 1. The summed E-state index contributed by atoms with van der Waals surface area (Å²) in [7, 11) is 0. The molecule has 0 aliphatic heterocycles. The van der Waals surface area contributed by atoms with Gasteiger partial charge in [0.1, 0.15) is 10.6 Å². The molecule has 0 saturated heterocycles. The lowest BCUT2D eigenvalue weighted by atomic mass is 10.1. The first kappa shape index (κ1) is 19.1. The molecule has 0 spiro atoms. The fourth-order valence-electron chi connectivity index (χ4n) is 2.10. The maximum atomic E-state index is 11.8. The van der Waals surface area contributed by atoms with Crippen LogP contribution in [0.25, 0.3) is 11.3 Å². The number of aromatic nitrogens is 1. The summed E-state index contributed by atoms with van der Waals surface area (Å²) in [5.41, 5.74) is 1.37. The van der Waals surface area contributed by atoms with Crippen LogP contribution in [0.2, 0.25) is 0 Å². The zero-order valence-electron chi connectivity index (χ0n) is 14.7. The summed E-state index contributed by atoms with van der Waals surface area (Å²) in [4.78, 5) is 27.2. The summed E-state index contributed by atoms with van der Waals surface area (Å²) in [5, 5.41) is 14.8. The Morgan fingerprint density at radius 3 is 2.48 bits per heavy atom. The van der Waals surface area contributed by atoms with Gasteiger partial charge in [-0.25, -0.2) is 9.78 Å². The molecule has 6 nitrogen and oxygen atoms in total. The van der Waals surface area contributed by atoms with Crippen molar-refractivity contribution in [3.05, 3.63) is 40.2 Å². The highest BCUT2D eigenvalue weighted by Gasteiger charge is 2.18. The Kier molecular flexibility index (Phi) is 5.92. The van der Waals surface area contributed by atoms with Crippen LogP contribution < -0.4 is 5.32 Å². The van der Waals surface area contributed by atoms with E-state index in [-0.39, 0.29) is 24.1 Å². The average Bonchev–Trinajstić information content (AvgIpc) is 3.01. The Morgan fingerprint density at radius 1 is 1.28 bits per heavy atom. The molecule has 0 aliphatic carbocycles. The summed E-state index contributed by atoms with van der Waals surface area (Å²) < 4.78 is 5.26. The predicted molar refractivity (Wildman–Crippen MR) is 96.8 cm³/mol. The van der Waals surface area contributed by atoms with Gasteiger partial charge in [-0.2, -0.15) is 0 Å². The van der Waals surface area contributed by atoms with Crippen molar-refractivity contribution in [2.45, 2.75) is 39.3 Å². The third kappa shape index (κ3) is 5.65. The summed E-state index contributed by atoms with van der Waals surface area (Å²) >= 11 is 1.49. The van der Waals surface area contributed by atoms with Crippen LogP contribution in [-0.4, -0.2) is 34.2 Å². The third-order valence-corrected chi connectivity index (χ3v) is 4.32. The number of nitrogens with one attached hydrogen (secondary N) is 1. The highest BCUT2D eigenvalue weighted by atomic mass is 32.1. The minimum atomic E-state index is -0.953. The van der Waals surface area contributed by atoms with Gasteiger partial charge in [0.05, 0.1) is 23.8 Å². The fourth-order valence-corrected chi connectivity index (χ4v) is 2.96. The first-order valence-corrected chi connectivity index (χ1v) is 8.78. The maximum Gasteiger partial charge on any atom is 0.335 e.